The van der Waals surface area contributed by atoms with E-state index < -0.39 is 0 Å². The Balaban J connectivity index is 1.89. The van der Waals surface area contributed by atoms with Crippen molar-refractivity contribution in [3.63, 3.8) is 0 Å². The summed E-state index contributed by atoms with van der Waals surface area (Å²) < 4.78 is 18.3. The van der Waals surface area contributed by atoms with Gasteiger partial charge in [0.05, 0.1) is 5.75 Å². The van der Waals surface area contributed by atoms with Crippen LogP contribution in [-0.2, 0) is 5.75 Å². The highest BCUT2D eigenvalue weighted by Crippen LogP contribution is 2.24. The second kappa shape index (κ2) is 7.40. The van der Waals surface area contributed by atoms with Crippen LogP contribution >= 0.6 is 11.8 Å². The first-order valence-electron chi connectivity index (χ1n) is 6.60. The van der Waals surface area contributed by atoms with Gasteiger partial charge in [0.25, 0.3) is 0 Å². The fourth-order valence-corrected chi connectivity index (χ4v) is 2.56. The minimum atomic E-state index is -0.237. The molecule has 1 aromatic carbocycles. The summed E-state index contributed by atoms with van der Waals surface area (Å²) in [5.74, 6) is 1.83. The lowest BCUT2D eigenvalue weighted by Gasteiger charge is -2.03. The Hall–Kier alpha value is -1.40. The maximum absolute atomic E-state index is 13.0. The Kier molecular flexibility index (Phi) is 5.55. The molecule has 0 saturated carbocycles. The third kappa shape index (κ3) is 4.31. The van der Waals surface area contributed by atoms with E-state index in [1.807, 2.05) is 13.0 Å². The second-order valence-corrected chi connectivity index (χ2v) is 5.68. The van der Waals surface area contributed by atoms with E-state index in [4.69, 9.17) is 10.3 Å². The maximum Gasteiger partial charge on any atom is 0.229 e. The molecule has 0 saturated heterocycles. The molecule has 2 aromatic rings. The minimum Gasteiger partial charge on any atom is -0.339 e. The molecule has 4 nitrogen and oxygen atoms in total. The lowest BCUT2D eigenvalue weighted by atomic mass is 10.1. The lowest BCUT2D eigenvalue weighted by molar-refractivity contribution is 0.349. The van der Waals surface area contributed by atoms with Crippen molar-refractivity contribution in [3.05, 3.63) is 41.8 Å². The van der Waals surface area contributed by atoms with Crippen LogP contribution in [0.5, 0.6) is 0 Å². The van der Waals surface area contributed by atoms with E-state index in [-0.39, 0.29) is 11.7 Å². The monoisotopic (exact) mass is 295 g/mol. The molecule has 1 heterocycles. The molecule has 0 aliphatic carbocycles. The zero-order chi connectivity index (χ0) is 14.4. The number of hydrogen-bond donors (Lipinski definition) is 1. The topological polar surface area (TPSA) is 64.9 Å². The molecule has 2 rings (SSSR count). The van der Waals surface area contributed by atoms with Crippen LogP contribution in [0.3, 0.4) is 0 Å². The molecule has 0 fully saturated rings. The number of rotatable bonds is 7. The van der Waals surface area contributed by atoms with Gasteiger partial charge in [-0.25, -0.2) is 4.39 Å². The number of halogens is 1. The van der Waals surface area contributed by atoms with Crippen LogP contribution in [-0.4, -0.2) is 16.7 Å². The lowest BCUT2D eigenvalue weighted by Crippen LogP contribution is -2.02. The quantitative estimate of drug-likeness (QED) is 0.794. The number of hydrogen-bond acceptors (Lipinski definition) is 5. The summed E-state index contributed by atoms with van der Waals surface area (Å²) in [5.41, 5.74) is 5.48. The highest BCUT2D eigenvalue weighted by atomic mass is 32.2. The van der Waals surface area contributed by atoms with Gasteiger partial charge in [-0.3, -0.25) is 0 Å². The molecule has 6 heteroatoms. The Morgan fingerprint density at radius 1 is 1.45 bits per heavy atom. The summed E-state index contributed by atoms with van der Waals surface area (Å²) >= 11 is 1.49. The summed E-state index contributed by atoms with van der Waals surface area (Å²) in [6, 6.07) is 6.47. The van der Waals surface area contributed by atoms with E-state index in [2.05, 4.69) is 10.1 Å². The van der Waals surface area contributed by atoms with Crippen LogP contribution in [0.1, 0.15) is 37.4 Å². The summed E-state index contributed by atoms with van der Waals surface area (Å²) in [7, 11) is 0. The Labute approximate surface area is 121 Å². The van der Waals surface area contributed by atoms with Gasteiger partial charge in [-0.1, -0.05) is 18.1 Å². The maximum atomic E-state index is 13.0. The largest absolute Gasteiger partial charge is 0.339 e. The molecule has 0 aliphatic rings. The molecule has 1 aromatic heterocycles. The van der Waals surface area contributed by atoms with Crippen LogP contribution in [0.2, 0.25) is 0 Å². The van der Waals surface area contributed by atoms with Gasteiger partial charge in [0.2, 0.25) is 5.89 Å². The average molecular weight is 295 g/mol. The number of aromatic nitrogens is 2. The molecular weight excluding hydrogens is 277 g/mol. The normalized spacial score (nSPS) is 12.6. The molecule has 2 N–H and O–H groups in total. The van der Waals surface area contributed by atoms with Crippen molar-refractivity contribution in [2.45, 2.75) is 36.3 Å². The van der Waals surface area contributed by atoms with Gasteiger partial charge in [-0.05, 0) is 37.6 Å². The molecule has 0 bridgehead atoms. The van der Waals surface area contributed by atoms with Crippen LogP contribution < -0.4 is 5.73 Å². The molecule has 108 valence electrons. The van der Waals surface area contributed by atoms with Gasteiger partial charge in [0, 0.05) is 10.8 Å². The van der Waals surface area contributed by atoms with Crippen LogP contribution in [0.4, 0.5) is 4.39 Å². The standard InChI is InChI=1S/C14H18FN3OS/c1-10(4-3-7-16)14-17-13(18-19-14)9-20-12-6-2-5-11(15)8-12/h2,5-6,8,10H,3-4,7,9,16H2,1H3. The van der Waals surface area contributed by atoms with Crippen molar-refractivity contribution in [2.75, 3.05) is 6.54 Å². The summed E-state index contributed by atoms with van der Waals surface area (Å²) in [6.45, 7) is 2.72. The molecule has 1 unspecified atom stereocenters. The van der Waals surface area contributed by atoms with Crippen molar-refractivity contribution in [1.82, 2.24) is 10.1 Å². The van der Waals surface area contributed by atoms with Crippen LogP contribution in [0, 0.1) is 5.82 Å². The molecule has 0 aliphatic heterocycles. The van der Waals surface area contributed by atoms with E-state index >= 15 is 0 Å². The predicted molar refractivity (Wildman–Crippen MR) is 77.0 cm³/mol. The van der Waals surface area contributed by atoms with Crippen LogP contribution in [0.15, 0.2) is 33.7 Å². The molecular formula is C14H18FN3OS. The van der Waals surface area contributed by atoms with E-state index in [0.29, 0.717) is 24.0 Å². The first-order valence-corrected chi connectivity index (χ1v) is 7.58. The van der Waals surface area contributed by atoms with Gasteiger partial charge in [0.15, 0.2) is 5.82 Å². The van der Waals surface area contributed by atoms with Crippen molar-refractivity contribution in [3.8, 4) is 0 Å². The Bertz CT molecular complexity index is 547. The SMILES string of the molecule is CC(CCCN)c1nc(CSc2cccc(F)c2)no1. The highest BCUT2D eigenvalue weighted by molar-refractivity contribution is 7.98. The fourth-order valence-electron chi connectivity index (χ4n) is 1.78. The summed E-state index contributed by atoms with van der Waals surface area (Å²) in [5, 5.41) is 3.95. The van der Waals surface area contributed by atoms with Gasteiger partial charge >= 0.3 is 0 Å². The van der Waals surface area contributed by atoms with E-state index in [1.54, 1.807) is 6.07 Å². The van der Waals surface area contributed by atoms with Gasteiger partial charge in [0.1, 0.15) is 5.82 Å². The number of benzene rings is 1. The van der Waals surface area contributed by atoms with Crippen molar-refractivity contribution >= 4 is 11.8 Å². The van der Waals surface area contributed by atoms with Crippen LogP contribution in [0.25, 0.3) is 0 Å². The fraction of sp³-hybridized carbons (Fsp3) is 0.429. The summed E-state index contributed by atoms with van der Waals surface area (Å²) in [4.78, 5) is 5.22. The van der Waals surface area contributed by atoms with Gasteiger partial charge < -0.3 is 10.3 Å². The molecule has 1 atom stereocenters. The van der Waals surface area contributed by atoms with Crippen molar-refractivity contribution in [2.24, 2.45) is 5.73 Å². The van der Waals surface area contributed by atoms with E-state index in [0.717, 1.165) is 17.7 Å². The van der Waals surface area contributed by atoms with Crippen molar-refractivity contribution < 1.29 is 8.91 Å². The minimum absolute atomic E-state index is 0.221. The highest BCUT2D eigenvalue weighted by Gasteiger charge is 2.13. The number of nitrogens with two attached hydrogens (primary N) is 1. The molecule has 0 amide bonds. The second-order valence-electron chi connectivity index (χ2n) is 4.63. The predicted octanol–water partition coefficient (Wildman–Crippen LogP) is 3.34. The summed E-state index contributed by atoms with van der Waals surface area (Å²) in [6.07, 6.45) is 1.88. The first-order chi connectivity index (χ1) is 9.69. The zero-order valence-electron chi connectivity index (χ0n) is 11.4. The number of nitrogens with zero attached hydrogens (tertiary/aromatic N) is 2. The molecule has 0 spiro atoms. The average Bonchev–Trinajstić information content (AvgIpc) is 2.91. The number of thioether (sulfide) groups is 1. The van der Waals surface area contributed by atoms with E-state index in [9.17, 15) is 4.39 Å². The Morgan fingerprint density at radius 3 is 3.05 bits per heavy atom. The van der Waals surface area contributed by atoms with Crippen molar-refractivity contribution in [1.29, 1.82) is 0 Å². The molecule has 20 heavy (non-hydrogen) atoms. The van der Waals surface area contributed by atoms with E-state index in [1.165, 1.54) is 23.9 Å². The van der Waals surface area contributed by atoms with Gasteiger partial charge in [-0.2, -0.15) is 4.98 Å². The third-order valence-corrected chi connectivity index (χ3v) is 3.90. The smallest absolute Gasteiger partial charge is 0.229 e. The molecule has 0 radical (unpaired) electrons. The zero-order valence-corrected chi connectivity index (χ0v) is 12.2. The third-order valence-electron chi connectivity index (χ3n) is 2.91. The first kappa shape index (κ1) is 15.0. The van der Waals surface area contributed by atoms with Gasteiger partial charge in [-0.15, -0.1) is 11.8 Å². The Morgan fingerprint density at radius 2 is 2.30 bits per heavy atom.